The van der Waals surface area contributed by atoms with Crippen LogP contribution in [0.5, 0.6) is 0 Å². The predicted molar refractivity (Wildman–Crippen MR) is 82.2 cm³/mol. The molecule has 0 unspecified atom stereocenters. The number of amides is 2. The topological polar surface area (TPSA) is 61.9 Å². The quantitative estimate of drug-likeness (QED) is 0.689. The molecule has 0 aromatic rings. The van der Waals surface area contributed by atoms with Crippen LogP contribution in [-0.4, -0.2) is 67.7 Å². The van der Waals surface area contributed by atoms with Crippen LogP contribution in [0.4, 0.5) is 4.79 Å². The van der Waals surface area contributed by atoms with Crippen molar-refractivity contribution in [2.75, 3.05) is 45.9 Å². The van der Waals surface area contributed by atoms with E-state index in [4.69, 9.17) is 4.74 Å². The van der Waals surface area contributed by atoms with E-state index >= 15 is 0 Å². The molecule has 1 N–H and O–H groups in total. The second-order valence-electron chi connectivity index (χ2n) is 5.33. The first-order chi connectivity index (χ1) is 10.2. The van der Waals surface area contributed by atoms with E-state index in [9.17, 15) is 9.59 Å². The molecule has 6 heteroatoms. The fourth-order valence-corrected chi connectivity index (χ4v) is 2.32. The lowest BCUT2D eigenvalue weighted by Gasteiger charge is -2.33. The van der Waals surface area contributed by atoms with Crippen LogP contribution in [0, 0.1) is 0 Å². The van der Waals surface area contributed by atoms with Crippen molar-refractivity contribution in [2.24, 2.45) is 0 Å². The molecule has 1 aliphatic heterocycles. The summed E-state index contributed by atoms with van der Waals surface area (Å²) >= 11 is 0. The molecule has 0 spiro atoms. The van der Waals surface area contributed by atoms with Gasteiger partial charge >= 0.3 is 6.09 Å². The van der Waals surface area contributed by atoms with Crippen molar-refractivity contribution in [3.63, 3.8) is 0 Å². The maximum absolute atomic E-state index is 11.7. The number of nitrogens with one attached hydrogen (secondary N) is 1. The first-order valence-electron chi connectivity index (χ1n) is 8.08. The number of ether oxygens (including phenoxy) is 1. The minimum absolute atomic E-state index is 0.124. The molecular formula is C15H29N3O3. The molecule has 1 rings (SSSR count). The summed E-state index contributed by atoms with van der Waals surface area (Å²) < 4.78 is 4.98. The molecule has 2 amide bonds. The third-order valence-electron chi connectivity index (χ3n) is 3.66. The Morgan fingerprint density at radius 2 is 1.81 bits per heavy atom. The lowest BCUT2D eigenvalue weighted by Crippen LogP contribution is -2.49. The Hall–Kier alpha value is -1.30. The maximum atomic E-state index is 11.7. The largest absolute Gasteiger partial charge is 0.450 e. The number of piperazine rings is 1. The molecule has 0 bridgehead atoms. The zero-order valence-corrected chi connectivity index (χ0v) is 13.4. The normalized spacial score (nSPS) is 15.8. The van der Waals surface area contributed by atoms with Crippen LogP contribution in [0.15, 0.2) is 0 Å². The van der Waals surface area contributed by atoms with Crippen LogP contribution in [0.2, 0.25) is 0 Å². The summed E-state index contributed by atoms with van der Waals surface area (Å²) in [6.45, 7) is 8.89. The summed E-state index contributed by atoms with van der Waals surface area (Å²) in [7, 11) is 0. The highest BCUT2D eigenvalue weighted by Gasteiger charge is 2.21. The molecular weight excluding hydrogens is 270 g/mol. The van der Waals surface area contributed by atoms with E-state index in [2.05, 4.69) is 17.1 Å². The third-order valence-corrected chi connectivity index (χ3v) is 3.66. The van der Waals surface area contributed by atoms with Crippen LogP contribution in [0.3, 0.4) is 0 Å². The molecule has 1 aliphatic rings. The molecule has 1 saturated heterocycles. The molecule has 6 nitrogen and oxygen atoms in total. The summed E-state index contributed by atoms with van der Waals surface area (Å²) in [4.78, 5) is 27.2. The van der Waals surface area contributed by atoms with Gasteiger partial charge in [0.25, 0.3) is 0 Å². The van der Waals surface area contributed by atoms with Crippen molar-refractivity contribution >= 4 is 12.0 Å². The number of carbonyl (C=O) groups excluding carboxylic acids is 2. The van der Waals surface area contributed by atoms with Gasteiger partial charge < -0.3 is 15.0 Å². The van der Waals surface area contributed by atoms with Crippen molar-refractivity contribution < 1.29 is 14.3 Å². The predicted octanol–water partition coefficient (Wildman–Crippen LogP) is 1.46. The molecule has 0 atom stereocenters. The molecule has 1 fully saturated rings. The summed E-state index contributed by atoms with van der Waals surface area (Å²) in [6.07, 6.45) is 3.69. The number of hydrogen-bond donors (Lipinski definition) is 1. The Morgan fingerprint density at radius 1 is 1.10 bits per heavy atom. The third kappa shape index (κ3) is 7.32. The molecule has 0 aromatic heterocycles. The van der Waals surface area contributed by atoms with E-state index in [1.54, 1.807) is 4.90 Å². The van der Waals surface area contributed by atoms with Crippen molar-refractivity contribution in [3.05, 3.63) is 0 Å². The second kappa shape index (κ2) is 10.4. The van der Waals surface area contributed by atoms with Crippen molar-refractivity contribution in [3.8, 4) is 0 Å². The van der Waals surface area contributed by atoms with E-state index in [0.717, 1.165) is 39.0 Å². The van der Waals surface area contributed by atoms with E-state index in [1.165, 1.54) is 6.42 Å². The van der Waals surface area contributed by atoms with E-state index < -0.39 is 0 Å². The molecule has 0 radical (unpaired) electrons. The number of nitrogens with zero attached hydrogens (tertiary/aromatic N) is 2. The minimum Gasteiger partial charge on any atom is -0.450 e. The number of hydrogen-bond acceptors (Lipinski definition) is 4. The van der Waals surface area contributed by atoms with Gasteiger partial charge in [-0.2, -0.15) is 0 Å². The van der Waals surface area contributed by atoms with Crippen LogP contribution >= 0.6 is 0 Å². The summed E-state index contributed by atoms with van der Waals surface area (Å²) in [5, 5.41) is 2.95. The Bertz CT molecular complexity index is 315. The van der Waals surface area contributed by atoms with Gasteiger partial charge in [-0.15, -0.1) is 0 Å². The molecule has 0 aliphatic carbocycles. The SMILES string of the molecule is CCCCCNC(=O)CCN1CCN(C(=O)OCC)CC1. The molecule has 122 valence electrons. The lowest BCUT2D eigenvalue weighted by molar-refractivity contribution is -0.121. The Labute approximate surface area is 127 Å². The number of unbranched alkanes of at least 4 members (excludes halogenated alkanes) is 2. The van der Waals surface area contributed by atoms with Gasteiger partial charge in [0.15, 0.2) is 0 Å². The molecule has 0 saturated carbocycles. The standard InChI is InChI=1S/C15H29N3O3/c1-3-5-6-8-16-14(19)7-9-17-10-12-18(13-11-17)15(20)21-4-2/h3-13H2,1-2H3,(H,16,19). The zero-order valence-electron chi connectivity index (χ0n) is 13.4. The van der Waals surface area contributed by atoms with Gasteiger partial charge in [0.05, 0.1) is 6.61 Å². The second-order valence-corrected chi connectivity index (χ2v) is 5.33. The minimum atomic E-state index is -0.231. The highest BCUT2D eigenvalue weighted by molar-refractivity contribution is 5.76. The first-order valence-corrected chi connectivity index (χ1v) is 8.08. The van der Waals surface area contributed by atoms with E-state index in [-0.39, 0.29) is 12.0 Å². The van der Waals surface area contributed by atoms with Crippen LogP contribution < -0.4 is 5.32 Å². The number of carbonyl (C=O) groups is 2. The number of rotatable bonds is 8. The molecule has 21 heavy (non-hydrogen) atoms. The van der Waals surface area contributed by atoms with Gasteiger partial charge in [0, 0.05) is 45.7 Å². The van der Waals surface area contributed by atoms with Gasteiger partial charge in [-0.1, -0.05) is 19.8 Å². The Kier molecular flexibility index (Phi) is 8.82. The highest BCUT2D eigenvalue weighted by Crippen LogP contribution is 2.04. The fraction of sp³-hybridized carbons (Fsp3) is 0.867. The van der Waals surface area contributed by atoms with Crippen LogP contribution in [0.1, 0.15) is 39.5 Å². The summed E-state index contributed by atoms with van der Waals surface area (Å²) in [5.74, 6) is 0.124. The first kappa shape index (κ1) is 17.8. The van der Waals surface area contributed by atoms with E-state index in [1.807, 2.05) is 6.92 Å². The van der Waals surface area contributed by atoms with Crippen molar-refractivity contribution in [2.45, 2.75) is 39.5 Å². The van der Waals surface area contributed by atoms with E-state index in [0.29, 0.717) is 26.1 Å². The molecule has 0 aromatic carbocycles. The lowest BCUT2D eigenvalue weighted by atomic mass is 10.2. The van der Waals surface area contributed by atoms with Crippen molar-refractivity contribution in [1.82, 2.24) is 15.1 Å². The van der Waals surface area contributed by atoms with Crippen LogP contribution in [0.25, 0.3) is 0 Å². The van der Waals surface area contributed by atoms with Gasteiger partial charge in [0.1, 0.15) is 0 Å². The smallest absolute Gasteiger partial charge is 0.409 e. The van der Waals surface area contributed by atoms with Gasteiger partial charge in [-0.25, -0.2) is 4.79 Å². The molecule has 1 heterocycles. The van der Waals surface area contributed by atoms with Gasteiger partial charge in [0.2, 0.25) is 5.91 Å². The summed E-state index contributed by atoms with van der Waals surface area (Å²) in [6, 6.07) is 0. The highest BCUT2D eigenvalue weighted by atomic mass is 16.6. The average molecular weight is 299 g/mol. The van der Waals surface area contributed by atoms with Gasteiger partial charge in [-0.3, -0.25) is 9.69 Å². The maximum Gasteiger partial charge on any atom is 0.409 e. The monoisotopic (exact) mass is 299 g/mol. The fourth-order valence-electron chi connectivity index (χ4n) is 2.32. The Balaban J connectivity index is 2.09. The van der Waals surface area contributed by atoms with Gasteiger partial charge in [-0.05, 0) is 13.3 Å². The Morgan fingerprint density at radius 3 is 2.43 bits per heavy atom. The van der Waals surface area contributed by atoms with Crippen LogP contribution in [-0.2, 0) is 9.53 Å². The summed E-state index contributed by atoms with van der Waals surface area (Å²) in [5.41, 5.74) is 0. The van der Waals surface area contributed by atoms with Crippen molar-refractivity contribution in [1.29, 1.82) is 0 Å². The zero-order chi connectivity index (χ0) is 15.5. The average Bonchev–Trinajstić information content (AvgIpc) is 2.50.